The van der Waals surface area contributed by atoms with Crippen LogP contribution in [0.4, 0.5) is 0 Å². The molecule has 100 valence electrons. The van der Waals surface area contributed by atoms with Crippen molar-refractivity contribution in [1.29, 1.82) is 0 Å². The van der Waals surface area contributed by atoms with Crippen LogP contribution in [0.3, 0.4) is 0 Å². The SMILES string of the molecule is COc1cc(CNCC(O)C(N)=O)cc(OC)c1. The van der Waals surface area contributed by atoms with Gasteiger partial charge in [0.1, 0.15) is 17.6 Å². The number of nitrogens with two attached hydrogens (primary N) is 1. The van der Waals surface area contributed by atoms with Crippen molar-refractivity contribution in [3.63, 3.8) is 0 Å². The van der Waals surface area contributed by atoms with E-state index in [0.29, 0.717) is 18.0 Å². The third kappa shape index (κ3) is 4.23. The van der Waals surface area contributed by atoms with Gasteiger partial charge in [0.15, 0.2) is 0 Å². The number of ether oxygens (including phenoxy) is 2. The standard InChI is InChI=1S/C12H18N2O4/c1-17-9-3-8(4-10(5-9)18-2)6-14-7-11(15)12(13)16/h3-5,11,14-15H,6-7H2,1-2H3,(H2,13,16). The molecule has 4 N–H and O–H groups in total. The summed E-state index contributed by atoms with van der Waals surface area (Å²) in [6, 6.07) is 5.44. The lowest BCUT2D eigenvalue weighted by molar-refractivity contribution is -0.125. The molecule has 0 aliphatic rings. The lowest BCUT2D eigenvalue weighted by atomic mass is 10.2. The predicted molar refractivity (Wildman–Crippen MR) is 66.5 cm³/mol. The molecular formula is C12H18N2O4. The van der Waals surface area contributed by atoms with E-state index in [1.165, 1.54) is 0 Å². The number of amides is 1. The van der Waals surface area contributed by atoms with E-state index in [2.05, 4.69) is 5.32 Å². The molecule has 1 unspecified atom stereocenters. The van der Waals surface area contributed by atoms with Crippen LogP contribution >= 0.6 is 0 Å². The highest BCUT2D eigenvalue weighted by atomic mass is 16.5. The first-order chi connectivity index (χ1) is 8.56. The molecule has 1 amide bonds. The monoisotopic (exact) mass is 254 g/mol. The molecule has 0 bridgehead atoms. The molecule has 18 heavy (non-hydrogen) atoms. The molecule has 6 heteroatoms. The van der Waals surface area contributed by atoms with E-state index in [9.17, 15) is 9.90 Å². The van der Waals surface area contributed by atoms with Gasteiger partial charge in [-0.05, 0) is 17.7 Å². The van der Waals surface area contributed by atoms with E-state index in [0.717, 1.165) is 5.56 Å². The van der Waals surface area contributed by atoms with Crippen LogP contribution < -0.4 is 20.5 Å². The molecule has 0 heterocycles. The van der Waals surface area contributed by atoms with Gasteiger partial charge in [0.05, 0.1) is 14.2 Å². The van der Waals surface area contributed by atoms with Crippen molar-refractivity contribution in [2.75, 3.05) is 20.8 Å². The van der Waals surface area contributed by atoms with Gasteiger partial charge in [-0.15, -0.1) is 0 Å². The van der Waals surface area contributed by atoms with Crippen LogP contribution in [-0.4, -0.2) is 37.9 Å². The van der Waals surface area contributed by atoms with Gasteiger partial charge in [0.25, 0.3) is 0 Å². The molecule has 0 spiro atoms. The Labute approximate surface area is 106 Å². The summed E-state index contributed by atoms with van der Waals surface area (Å²) in [5.74, 6) is 0.619. The number of carbonyl (C=O) groups excluding carboxylic acids is 1. The number of hydrogen-bond donors (Lipinski definition) is 3. The van der Waals surface area contributed by atoms with Crippen molar-refractivity contribution < 1.29 is 19.4 Å². The van der Waals surface area contributed by atoms with Crippen LogP contribution in [0.25, 0.3) is 0 Å². The molecule has 0 aliphatic carbocycles. The predicted octanol–water partition coefficient (Wildman–Crippen LogP) is -0.360. The van der Waals surface area contributed by atoms with Gasteiger partial charge < -0.3 is 25.6 Å². The second-order valence-corrected chi connectivity index (χ2v) is 3.77. The Hall–Kier alpha value is -1.79. The number of methoxy groups -OCH3 is 2. The Morgan fingerprint density at radius 2 is 1.89 bits per heavy atom. The minimum absolute atomic E-state index is 0.106. The maximum Gasteiger partial charge on any atom is 0.247 e. The molecule has 1 rings (SSSR count). The first-order valence-electron chi connectivity index (χ1n) is 5.47. The zero-order valence-corrected chi connectivity index (χ0v) is 10.5. The molecule has 1 atom stereocenters. The van der Waals surface area contributed by atoms with Gasteiger partial charge in [0, 0.05) is 19.2 Å². The number of benzene rings is 1. The first-order valence-corrected chi connectivity index (χ1v) is 5.47. The summed E-state index contributed by atoms with van der Waals surface area (Å²) in [5.41, 5.74) is 5.86. The molecule has 0 fully saturated rings. The zero-order chi connectivity index (χ0) is 13.5. The quantitative estimate of drug-likeness (QED) is 0.618. The fraction of sp³-hybridized carbons (Fsp3) is 0.417. The number of rotatable bonds is 7. The fourth-order valence-corrected chi connectivity index (χ4v) is 1.42. The first kappa shape index (κ1) is 14.3. The number of aliphatic hydroxyl groups excluding tert-OH is 1. The summed E-state index contributed by atoms with van der Waals surface area (Å²) >= 11 is 0. The van der Waals surface area contributed by atoms with Crippen molar-refractivity contribution in [2.24, 2.45) is 5.73 Å². The molecule has 1 aromatic rings. The lowest BCUT2D eigenvalue weighted by Crippen LogP contribution is -2.37. The molecule has 0 aromatic heterocycles. The second-order valence-electron chi connectivity index (χ2n) is 3.77. The maximum absolute atomic E-state index is 10.6. The van der Waals surface area contributed by atoms with E-state index >= 15 is 0 Å². The Balaban J connectivity index is 2.58. The van der Waals surface area contributed by atoms with Crippen LogP contribution in [0, 0.1) is 0 Å². The molecular weight excluding hydrogens is 236 g/mol. The van der Waals surface area contributed by atoms with Gasteiger partial charge in [-0.2, -0.15) is 0 Å². The summed E-state index contributed by atoms with van der Waals surface area (Å²) in [6.07, 6.45) is -1.18. The van der Waals surface area contributed by atoms with E-state index < -0.39 is 12.0 Å². The number of aliphatic hydroxyl groups is 1. The van der Waals surface area contributed by atoms with Crippen molar-refractivity contribution in [3.05, 3.63) is 23.8 Å². The minimum atomic E-state index is -1.18. The topological polar surface area (TPSA) is 93.8 Å². The van der Waals surface area contributed by atoms with Gasteiger partial charge in [0.2, 0.25) is 5.91 Å². The van der Waals surface area contributed by atoms with Crippen LogP contribution in [0.15, 0.2) is 18.2 Å². The molecule has 0 saturated heterocycles. The molecule has 0 radical (unpaired) electrons. The Bertz CT molecular complexity index is 387. The van der Waals surface area contributed by atoms with Crippen LogP contribution in [0.5, 0.6) is 11.5 Å². The highest BCUT2D eigenvalue weighted by Crippen LogP contribution is 2.22. The largest absolute Gasteiger partial charge is 0.497 e. The summed E-state index contributed by atoms with van der Waals surface area (Å²) in [4.78, 5) is 10.6. The number of nitrogens with one attached hydrogen (secondary N) is 1. The van der Waals surface area contributed by atoms with Crippen LogP contribution in [0.2, 0.25) is 0 Å². The summed E-state index contributed by atoms with van der Waals surface area (Å²) in [7, 11) is 3.14. The smallest absolute Gasteiger partial charge is 0.247 e. The maximum atomic E-state index is 10.6. The third-order valence-corrected chi connectivity index (χ3v) is 2.41. The van der Waals surface area contributed by atoms with Gasteiger partial charge in [-0.25, -0.2) is 0 Å². The van der Waals surface area contributed by atoms with E-state index in [1.54, 1.807) is 20.3 Å². The zero-order valence-electron chi connectivity index (χ0n) is 10.5. The lowest BCUT2D eigenvalue weighted by Gasteiger charge is -2.11. The Kier molecular flexibility index (Phi) is 5.41. The van der Waals surface area contributed by atoms with E-state index in [1.807, 2.05) is 12.1 Å². The Morgan fingerprint density at radius 3 is 2.33 bits per heavy atom. The minimum Gasteiger partial charge on any atom is -0.497 e. The Morgan fingerprint density at radius 1 is 1.33 bits per heavy atom. The number of carbonyl (C=O) groups is 1. The van der Waals surface area contributed by atoms with Crippen molar-refractivity contribution in [2.45, 2.75) is 12.6 Å². The molecule has 1 aromatic carbocycles. The summed E-state index contributed by atoms with van der Waals surface area (Å²) < 4.78 is 10.3. The van der Waals surface area contributed by atoms with Crippen LogP contribution in [0.1, 0.15) is 5.56 Å². The fourth-order valence-electron chi connectivity index (χ4n) is 1.42. The normalized spacial score (nSPS) is 11.9. The third-order valence-electron chi connectivity index (χ3n) is 2.41. The highest BCUT2D eigenvalue weighted by molar-refractivity contribution is 5.78. The molecule has 0 aliphatic heterocycles. The van der Waals surface area contributed by atoms with Crippen molar-refractivity contribution >= 4 is 5.91 Å². The van der Waals surface area contributed by atoms with Crippen molar-refractivity contribution in [1.82, 2.24) is 5.32 Å². The number of hydrogen-bond acceptors (Lipinski definition) is 5. The summed E-state index contributed by atoms with van der Waals surface area (Å²) in [6.45, 7) is 0.576. The second kappa shape index (κ2) is 6.83. The van der Waals surface area contributed by atoms with E-state index in [-0.39, 0.29) is 6.54 Å². The van der Waals surface area contributed by atoms with Crippen molar-refractivity contribution in [3.8, 4) is 11.5 Å². The highest BCUT2D eigenvalue weighted by Gasteiger charge is 2.09. The van der Waals surface area contributed by atoms with Gasteiger partial charge in [-0.3, -0.25) is 4.79 Å². The van der Waals surface area contributed by atoms with Gasteiger partial charge in [-0.1, -0.05) is 0 Å². The van der Waals surface area contributed by atoms with Gasteiger partial charge >= 0.3 is 0 Å². The van der Waals surface area contributed by atoms with E-state index in [4.69, 9.17) is 15.2 Å². The molecule has 6 nitrogen and oxygen atoms in total. The average Bonchev–Trinajstić information content (AvgIpc) is 2.37. The number of primary amides is 1. The molecule has 0 saturated carbocycles. The summed E-state index contributed by atoms with van der Waals surface area (Å²) in [5, 5.41) is 12.1. The van der Waals surface area contributed by atoms with Crippen LogP contribution in [-0.2, 0) is 11.3 Å². The average molecular weight is 254 g/mol.